The van der Waals surface area contributed by atoms with E-state index in [0.29, 0.717) is 24.4 Å². The highest BCUT2D eigenvalue weighted by molar-refractivity contribution is 5.99. The molecule has 1 N–H and O–H groups in total. The molecule has 1 aromatic carbocycles. The van der Waals surface area contributed by atoms with Crippen molar-refractivity contribution < 1.29 is 9.53 Å². The second-order valence-corrected chi connectivity index (χ2v) is 7.26. The quantitative estimate of drug-likeness (QED) is 0.639. The van der Waals surface area contributed by atoms with Crippen LogP contribution < -0.4 is 5.32 Å². The van der Waals surface area contributed by atoms with E-state index in [0.717, 1.165) is 29.8 Å². The molecule has 0 unspecified atom stereocenters. The number of carbonyl (C=O) groups excluding carboxylic acids is 1. The summed E-state index contributed by atoms with van der Waals surface area (Å²) in [4.78, 5) is 17.2. The molecular weight excluding hydrogens is 352 g/mol. The lowest BCUT2D eigenvalue weighted by Crippen LogP contribution is -2.25. The maximum atomic E-state index is 12.5. The van der Waals surface area contributed by atoms with Gasteiger partial charge in [-0.25, -0.2) is 9.50 Å². The summed E-state index contributed by atoms with van der Waals surface area (Å²) < 4.78 is 6.79. The van der Waals surface area contributed by atoms with Crippen LogP contribution in [0.2, 0.25) is 0 Å². The third-order valence-electron chi connectivity index (χ3n) is 5.14. The molecule has 0 atom stereocenters. The Morgan fingerprint density at radius 1 is 1.21 bits per heavy atom. The van der Waals surface area contributed by atoms with E-state index in [4.69, 9.17) is 9.72 Å². The van der Waals surface area contributed by atoms with Crippen LogP contribution in [0.15, 0.2) is 24.4 Å². The average Bonchev–Trinajstić information content (AvgIpc) is 3.08. The van der Waals surface area contributed by atoms with E-state index in [2.05, 4.69) is 42.5 Å². The summed E-state index contributed by atoms with van der Waals surface area (Å²) in [5.74, 6) is -0.153. The Balaban J connectivity index is 1.91. The number of nitrogens with zero attached hydrogens (tertiary/aromatic N) is 3. The molecule has 6 heteroatoms. The largest absolute Gasteiger partial charge is 0.385 e. The van der Waals surface area contributed by atoms with E-state index in [1.54, 1.807) is 17.8 Å². The van der Waals surface area contributed by atoms with Crippen molar-refractivity contribution in [2.24, 2.45) is 0 Å². The van der Waals surface area contributed by atoms with E-state index in [9.17, 15) is 4.79 Å². The van der Waals surface area contributed by atoms with Gasteiger partial charge in [-0.15, -0.1) is 0 Å². The second kappa shape index (κ2) is 8.52. The Bertz CT molecular complexity index is 1010. The summed E-state index contributed by atoms with van der Waals surface area (Å²) in [7, 11) is 1.65. The minimum absolute atomic E-state index is 0.153. The maximum absolute atomic E-state index is 12.5. The summed E-state index contributed by atoms with van der Waals surface area (Å²) in [5.41, 5.74) is 8.00. The van der Waals surface area contributed by atoms with Gasteiger partial charge in [-0.3, -0.25) is 4.79 Å². The van der Waals surface area contributed by atoms with Gasteiger partial charge < -0.3 is 10.1 Å². The zero-order chi connectivity index (χ0) is 20.3. The predicted octanol–water partition coefficient (Wildman–Crippen LogP) is 3.32. The molecule has 0 spiro atoms. The SMILES string of the molecule is COCCCNC(=O)c1cnn2c(C)c(Cc3cc(C)ccc3C)c(C)nc12. The molecule has 0 radical (unpaired) electrons. The summed E-state index contributed by atoms with van der Waals surface area (Å²) in [6.07, 6.45) is 3.17. The van der Waals surface area contributed by atoms with Gasteiger partial charge in [-0.1, -0.05) is 23.8 Å². The molecule has 3 aromatic rings. The molecule has 0 bridgehead atoms. The first-order valence-corrected chi connectivity index (χ1v) is 9.59. The summed E-state index contributed by atoms with van der Waals surface area (Å²) in [5, 5.41) is 7.34. The van der Waals surface area contributed by atoms with Gasteiger partial charge in [0.2, 0.25) is 0 Å². The molecule has 2 heterocycles. The zero-order valence-electron chi connectivity index (χ0n) is 17.3. The van der Waals surface area contributed by atoms with Crippen molar-refractivity contribution in [2.75, 3.05) is 20.3 Å². The smallest absolute Gasteiger partial charge is 0.256 e. The summed E-state index contributed by atoms with van der Waals surface area (Å²) in [6.45, 7) is 9.45. The topological polar surface area (TPSA) is 68.5 Å². The lowest BCUT2D eigenvalue weighted by Gasteiger charge is -2.14. The van der Waals surface area contributed by atoms with Gasteiger partial charge in [0, 0.05) is 38.1 Å². The number of aromatic nitrogens is 3. The number of hydrogen-bond donors (Lipinski definition) is 1. The highest BCUT2D eigenvalue weighted by Crippen LogP contribution is 2.22. The van der Waals surface area contributed by atoms with Crippen molar-refractivity contribution in [3.05, 3.63) is 63.6 Å². The molecule has 148 valence electrons. The van der Waals surface area contributed by atoms with Gasteiger partial charge in [-0.05, 0) is 50.8 Å². The summed E-state index contributed by atoms with van der Waals surface area (Å²) in [6, 6.07) is 6.51. The highest BCUT2D eigenvalue weighted by Gasteiger charge is 2.18. The third-order valence-corrected chi connectivity index (χ3v) is 5.14. The lowest BCUT2D eigenvalue weighted by atomic mass is 9.97. The van der Waals surface area contributed by atoms with Crippen molar-refractivity contribution in [3.8, 4) is 0 Å². The molecule has 0 fully saturated rings. The van der Waals surface area contributed by atoms with E-state index >= 15 is 0 Å². The Morgan fingerprint density at radius 2 is 2.00 bits per heavy atom. The Kier molecular flexibility index (Phi) is 6.09. The zero-order valence-corrected chi connectivity index (χ0v) is 17.3. The number of hydrogen-bond acceptors (Lipinski definition) is 4. The standard InChI is InChI=1S/C22H28N4O2/c1-14-7-8-15(2)18(11-14)12-19-16(3)25-21-20(13-24-26(21)17(19)4)22(27)23-9-6-10-28-5/h7-8,11,13H,6,9-10,12H2,1-5H3,(H,23,27). The van der Waals surface area contributed by atoms with Crippen LogP contribution >= 0.6 is 0 Å². The molecule has 0 saturated carbocycles. The van der Waals surface area contributed by atoms with Crippen LogP contribution in [-0.4, -0.2) is 40.8 Å². The van der Waals surface area contributed by atoms with Gasteiger partial charge in [0.25, 0.3) is 5.91 Å². The number of fused-ring (bicyclic) bond motifs is 1. The molecule has 1 amide bonds. The van der Waals surface area contributed by atoms with Gasteiger partial charge in [-0.2, -0.15) is 5.10 Å². The molecule has 0 aliphatic carbocycles. The van der Waals surface area contributed by atoms with Crippen molar-refractivity contribution in [3.63, 3.8) is 0 Å². The number of amides is 1. The lowest BCUT2D eigenvalue weighted by molar-refractivity contribution is 0.0950. The Hall–Kier alpha value is -2.73. The normalized spacial score (nSPS) is 11.2. The monoisotopic (exact) mass is 380 g/mol. The van der Waals surface area contributed by atoms with Gasteiger partial charge in [0.15, 0.2) is 5.65 Å². The van der Waals surface area contributed by atoms with Gasteiger partial charge >= 0.3 is 0 Å². The Labute approximate surface area is 165 Å². The molecule has 0 saturated heterocycles. The number of methoxy groups -OCH3 is 1. The predicted molar refractivity (Wildman–Crippen MR) is 110 cm³/mol. The van der Waals surface area contributed by atoms with Crippen molar-refractivity contribution in [1.82, 2.24) is 19.9 Å². The number of aryl methyl sites for hydroxylation is 4. The second-order valence-electron chi connectivity index (χ2n) is 7.26. The minimum Gasteiger partial charge on any atom is -0.385 e. The third kappa shape index (κ3) is 4.07. The molecule has 6 nitrogen and oxygen atoms in total. The van der Waals surface area contributed by atoms with E-state index in [1.807, 2.05) is 13.8 Å². The van der Waals surface area contributed by atoms with Crippen molar-refractivity contribution in [2.45, 2.75) is 40.5 Å². The van der Waals surface area contributed by atoms with Crippen LogP contribution in [-0.2, 0) is 11.2 Å². The summed E-state index contributed by atoms with van der Waals surface area (Å²) >= 11 is 0. The molecule has 28 heavy (non-hydrogen) atoms. The number of rotatable bonds is 7. The van der Waals surface area contributed by atoms with Crippen LogP contribution in [0.3, 0.4) is 0 Å². The van der Waals surface area contributed by atoms with Gasteiger partial charge in [0.05, 0.1) is 6.20 Å². The first-order chi connectivity index (χ1) is 13.4. The van der Waals surface area contributed by atoms with Gasteiger partial charge in [0.1, 0.15) is 5.56 Å². The number of carbonyl (C=O) groups is 1. The highest BCUT2D eigenvalue weighted by atomic mass is 16.5. The van der Waals surface area contributed by atoms with Crippen LogP contribution in [0.4, 0.5) is 0 Å². The van der Waals surface area contributed by atoms with Crippen molar-refractivity contribution in [1.29, 1.82) is 0 Å². The first-order valence-electron chi connectivity index (χ1n) is 9.59. The Morgan fingerprint density at radius 3 is 2.75 bits per heavy atom. The first kappa shape index (κ1) is 20.0. The molecular formula is C22H28N4O2. The molecule has 2 aromatic heterocycles. The van der Waals surface area contributed by atoms with Crippen LogP contribution in [0.25, 0.3) is 5.65 Å². The number of ether oxygens (including phenoxy) is 1. The maximum Gasteiger partial charge on any atom is 0.256 e. The number of nitrogens with one attached hydrogen (secondary N) is 1. The molecule has 0 aliphatic rings. The van der Waals surface area contributed by atoms with Crippen LogP contribution in [0.1, 0.15) is 50.4 Å². The fraction of sp³-hybridized carbons (Fsp3) is 0.409. The fourth-order valence-corrected chi connectivity index (χ4v) is 3.42. The van der Waals surface area contributed by atoms with E-state index < -0.39 is 0 Å². The average molecular weight is 380 g/mol. The van der Waals surface area contributed by atoms with E-state index in [-0.39, 0.29) is 5.91 Å². The van der Waals surface area contributed by atoms with Crippen LogP contribution in [0.5, 0.6) is 0 Å². The minimum atomic E-state index is -0.153. The van der Waals surface area contributed by atoms with Crippen LogP contribution in [0, 0.1) is 27.7 Å². The fourth-order valence-electron chi connectivity index (χ4n) is 3.42. The van der Waals surface area contributed by atoms with Crippen molar-refractivity contribution >= 4 is 11.6 Å². The molecule has 3 rings (SSSR count). The molecule has 0 aliphatic heterocycles. The van der Waals surface area contributed by atoms with E-state index in [1.165, 1.54) is 16.7 Å². The number of benzene rings is 1.